The van der Waals surface area contributed by atoms with E-state index < -0.39 is 0 Å². The summed E-state index contributed by atoms with van der Waals surface area (Å²) >= 11 is 5.13. The molecule has 0 radical (unpaired) electrons. The number of hydrogen-bond donors (Lipinski definition) is 2. The molecule has 0 aliphatic heterocycles. The Morgan fingerprint density at radius 1 is 1.29 bits per heavy atom. The fraction of sp³-hybridized carbons (Fsp3) is 0.900. The Balaban J connectivity index is 2.49. The molecule has 1 aliphatic carbocycles. The van der Waals surface area contributed by atoms with Crippen molar-refractivity contribution in [1.29, 1.82) is 0 Å². The average molecular weight is 215 g/mol. The summed E-state index contributed by atoms with van der Waals surface area (Å²) in [5.74, 6) is 0. The topological polar surface area (TPSA) is 27.3 Å². The highest BCUT2D eigenvalue weighted by Gasteiger charge is 2.26. The summed E-state index contributed by atoms with van der Waals surface area (Å²) in [6, 6.07) is 1.13. The van der Waals surface area contributed by atoms with Gasteiger partial charge in [0.25, 0.3) is 0 Å². The summed E-state index contributed by atoms with van der Waals surface area (Å²) in [5.41, 5.74) is 0. The van der Waals surface area contributed by atoms with E-state index in [1.54, 1.807) is 0 Å². The van der Waals surface area contributed by atoms with Gasteiger partial charge in [-0.1, -0.05) is 12.8 Å². The lowest BCUT2D eigenvalue weighted by atomic mass is 9.90. The maximum Gasteiger partial charge on any atom is 0.166 e. The zero-order valence-electron chi connectivity index (χ0n) is 9.34. The first kappa shape index (κ1) is 11.7. The monoisotopic (exact) mass is 215 g/mol. The molecule has 0 spiro atoms. The van der Waals surface area contributed by atoms with Gasteiger partial charge in [0.15, 0.2) is 5.11 Å². The molecule has 0 bridgehead atoms. The quantitative estimate of drug-likeness (QED) is 0.671. The molecule has 3 nitrogen and oxygen atoms in total. The van der Waals surface area contributed by atoms with E-state index in [1.165, 1.54) is 25.7 Å². The molecule has 2 unspecified atom stereocenters. The number of rotatable bonds is 2. The van der Waals surface area contributed by atoms with E-state index in [0.717, 1.165) is 5.11 Å². The second-order valence-electron chi connectivity index (χ2n) is 4.15. The van der Waals surface area contributed by atoms with Gasteiger partial charge in [-0.25, -0.2) is 0 Å². The molecule has 0 saturated heterocycles. The summed E-state index contributed by atoms with van der Waals surface area (Å²) in [7, 11) is 6.16. The van der Waals surface area contributed by atoms with Gasteiger partial charge in [0, 0.05) is 19.1 Å². The molecule has 2 atom stereocenters. The van der Waals surface area contributed by atoms with Gasteiger partial charge in [0.05, 0.1) is 0 Å². The van der Waals surface area contributed by atoms with Crippen molar-refractivity contribution in [2.45, 2.75) is 37.8 Å². The highest BCUT2D eigenvalue weighted by atomic mass is 32.1. The van der Waals surface area contributed by atoms with Crippen molar-refractivity contribution in [3.05, 3.63) is 0 Å². The van der Waals surface area contributed by atoms with Crippen molar-refractivity contribution in [2.24, 2.45) is 0 Å². The normalized spacial score (nSPS) is 27.4. The molecular weight excluding hydrogens is 194 g/mol. The molecule has 82 valence electrons. The Morgan fingerprint density at radius 2 is 1.93 bits per heavy atom. The molecule has 4 heteroatoms. The highest BCUT2D eigenvalue weighted by Crippen LogP contribution is 2.21. The van der Waals surface area contributed by atoms with Crippen LogP contribution >= 0.6 is 12.2 Å². The average Bonchev–Trinajstić information content (AvgIpc) is 2.18. The third-order valence-corrected chi connectivity index (χ3v) is 3.26. The lowest BCUT2D eigenvalue weighted by molar-refractivity contribution is 0.190. The van der Waals surface area contributed by atoms with Gasteiger partial charge >= 0.3 is 0 Å². The zero-order valence-corrected chi connectivity index (χ0v) is 10.2. The van der Waals surface area contributed by atoms with Crippen LogP contribution in [0.3, 0.4) is 0 Å². The second-order valence-corrected chi connectivity index (χ2v) is 4.55. The summed E-state index contributed by atoms with van der Waals surface area (Å²) in [5, 5.41) is 7.12. The van der Waals surface area contributed by atoms with Crippen LogP contribution in [0.2, 0.25) is 0 Å². The second kappa shape index (κ2) is 5.51. The predicted molar refractivity (Wildman–Crippen MR) is 64.5 cm³/mol. The molecule has 2 N–H and O–H groups in total. The van der Waals surface area contributed by atoms with E-state index in [2.05, 4.69) is 29.6 Å². The van der Waals surface area contributed by atoms with Gasteiger partial charge in [-0.2, -0.15) is 0 Å². The Hall–Kier alpha value is -0.350. The van der Waals surface area contributed by atoms with Crippen LogP contribution in [0.1, 0.15) is 25.7 Å². The minimum absolute atomic E-state index is 0.513. The fourth-order valence-electron chi connectivity index (χ4n) is 2.14. The Labute approximate surface area is 92.2 Å². The Morgan fingerprint density at radius 3 is 2.50 bits per heavy atom. The van der Waals surface area contributed by atoms with E-state index in [-0.39, 0.29) is 0 Å². The van der Waals surface area contributed by atoms with Gasteiger partial charge in [0.2, 0.25) is 0 Å². The first-order valence-electron chi connectivity index (χ1n) is 5.30. The maximum atomic E-state index is 5.13. The molecule has 0 aromatic rings. The first-order valence-corrected chi connectivity index (χ1v) is 5.70. The SMILES string of the molecule is CNC(=S)NC1CCCCC1N(C)C. The van der Waals surface area contributed by atoms with Crippen LogP contribution in [0.15, 0.2) is 0 Å². The lowest BCUT2D eigenvalue weighted by Crippen LogP contribution is -2.52. The van der Waals surface area contributed by atoms with Crippen LogP contribution in [0.25, 0.3) is 0 Å². The molecule has 0 aromatic heterocycles. The minimum atomic E-state index is 0.513. The molecule has 14 heavy (non-hydrogen) atoms. The van der Waals surface area contributed by atoms with E-state index in [4.69, 9.17) is 12.2 Å². The van der Waals surface area contributed by atoms with Crippen molar-refractivity contribution < 1.29 is 0 Å². The summed E-state index contributed by atoms with van der Waals surface area (Å²) < 4.78 is 0. The molecule has 1 fully saturated rings. The van der Waals surface area contributed by atoms with Gasteiger partial charge in [-0.05, 0) is 39.2 Å². The highest BCUT2D eigenvalue weighted by molar-refractivity contribution is 7.80. The van der Waals surface area contributed by atoms with Crippen LogP contribution in [0.5, 0.6) is 0 Å². The summed E-state index contributed by atoms with van der Waals surface area (Å²) in [6.07, 6.45) is 5.16. The summed E-state index contributed by atoms with van der Waals surface area (Å²) in [4.78, 5) is 2.30. The molecular formula is C10H21N3S. The summed E-state index contributed by atoms with van der Waals surface area (Å²) in [6.45, 7) is 0. The molecule has 0 aromatic carbocycles. The number of nitrogens with zero attached hydrogens (tertiary/aromatic N) is 1. The molecule has 1 saturated carbocycles. The Bertz CT molecular complexity index is 194. The van der Waals surface area contributed by atoms with Gasteiger partial charge < -0.3 is 15.5 Å². The van der Waals surface area contributed by atoms with Gasteiger partial charge in [-0.3, -0.25) is 0 Å². The predicted octanol–water partition coefficient (Wildman–Crippen LogP) is 0.953. The molecule has 1 rings (SSSR count). The zero-order chi connectivity index (χ0) is 10.6. The number of nitrogens with one attached hydrogen (secondary N) is 2. The van der Waals surface area contributed by atoms with Crippen LogP contribution < -0.4 is 10.6 Å². The largest absolute Gasteiger partial charge is 0.366 e. The van der Waals surface area contributed by atoms with E-state index >= 15 is 0 Å². The van der Waals surface area contributed by atoms with Crippen molar-refractivity contribution in [1.82, 2.24) is 15.5 Å². The maximum absolute atomic E-state index is 5.13. The van der Waals surface area contributed by atoms with E-state index in [9.17, 15) is 0 Å². The van der Waals surface area contributed by atoms with Crippen molar-refractivity contribution in [3.8, 4) is 0 Å². The van der Waals surface area contributed by atoms with Crippen LogP contribution in [-0.2, 0) is 0 Å². The van der Waals surface area contributed by atoms with Crippen LogP contribution in [-0.4, -0.2) is 43.2 Å². The molecule has 0 amide bonds. The van der Waals surface area contributed by atoms with Crippen molar-refractivity contribution in [3.63, 3.8) is 0 Å². The van der Waals surface area contributed by atoms with Crippen molar-refractivity contribution >= 4 is 17.3 Å². The third kappa shape index (κ3) is 3.10. The standard InChI is InChI=1S/C10H21N3S/c1-11-10(14)12-8-6-4-5-7-9(8)13(2)3/h8-9H,4-7H2,1-3H3,(H2,11,12,14). The Kier molecular flexibility index (Phi) is 4.62. The van der Waals surface area contributed by atoms with E-state index in [1.807, 2.05) is 7.05 Å². The van der Waals surface area contributed by atoms with Crippen LogP contribution in [0, 0.1) is 0 Å². The van der Waals surface area contributed by atoms with Crippen molar-refractivity contribution in [2.75, 3.05) is 21.1 Å². The smallest absolute Gasteiger partial charge is 0.166 e. The number of likely N-dealkylation sites (N-methyl/N-ethyl adjacent to an activating group) is 1. The lowest BCUT2D eigenvalue weighted by Gasteiger charge is -2.37. The number of hydrogen-bond acceptors (Lipinski definition) is 2. The van der Waals surface area contributed by atoms with Gasteiger partial charge in [-0.15, -0.1) is 0 Å². The van der Waals surface area contributed by atoms with Crippen LogP contribution in [0.4, 0.5) is 0 Å². The minimum Gasteiger partial charge on any atom is -0.366 e. The molecule has 1 aliphatic rings. The third-order valence-electron chi connectivity index (χ3n) is 2.94. The molecule has 0 heterocycles. The first-order chi connectivity index (χ1) is 6.65. The van der Waals surface area contributed by atoms with Gasteiger partial charge in [0.1, 0.15) is 0 Å². The van der Waals surface area contributed by atoms with E-state index in [0.29, 0.717) is 12.1 Å². The fourth-order valence-corrected chi connectivity index (χ4v) is 2.29. The number of thiocarbonyl (C=S) groups is 1.